The number of ether oxygens (including phenoxy) is 2. The maximum atomic E-state index is 18.6. The molecule has 76 heavy (non-hydrogen) atoms. The fraction of sp³-hybridized carbons (Fsp3) is 0.294. The third-order valence-corrected chi connectivity index (χ3v) is 20.1. The Hall–Kier alpha value is -7.21. The topological polar surface area (TPSA) is 50.2 Å². The number of benzene rings is 8. The van der Waals surface area contributed by atoms with Crippen LogP contribution in [0.5, 0.6) is 23.0 Å². The molecule has 0 amide bonds. The Morgan fingerprint density at radius 2 is 0.763 bits per heavy atom. The lowest BCUT2D eigenvalue weighted by Gasteiger charge is -2.53. The summed E-state index contributed by atoms with van der Waals surface area (Å²) in [5.41, 5.74) is 15.9. The predicted molar refractivity (Wildman–Crippen MR) is 319 cm³/mol. The average molecular weight is 1020 g/mol. The highest BCUT2D eigenvalue weighted by atomic mass is 31.2. The van der Waals surface area contributed by atoms with E-state index in [1.165, 1.54) is 27.5 Å². The van der Waals surface area contributed by atoms with Crippen molar-refractivity contribution < 1.29 is 14.0 Å². The smallest absolute Gasteiger partial charge is 0.183 e. The van der Waals surface area contributed by atoms with Gasteiger partial charge in [-0.15, -0.1) is 0 Å². The van der Waals surface area contributed by atoms with E-state index in [2.05, 4.69) is 257 Å². The molecule has 382 valence electrons. The summed E-state index contributed by atoms with van der Waals surface area (Å²) >= 11 is 0. The molecule has 8 heteroatoms. The van der Waals surface area contributed by atoms with Gasteiger partial charge in [-0.1, -0.05) is 165 Å². The molecule has 0 saturated heterocycles. The van der Waals surface area contributed by atoms with Crippen LogP contribution in [0.1, 0.15) is 132 Å². The van der Waals surface area contributed by atoms with Crippen LogP contribution >= 0.6 is 7.14 Å². The molecule has 0 fully saturated rings. The third-order valence-electron chi connectivity index (χ3n) is 16.8. The second kappa shape index (κ2) is 14.8. The van der Waals surface area contributed by atoms with Crippen LogP contribution in [0, 0.1) is 0 Å². The quantitative estimate of drug-likeness (QED) is 0.161. The lowest BCUT2D eigenvalue weighted by molar-refractivity contribution is 0.448. The SMILES string of the molecule is CC(C)(C)c1ccc(N2c3cc(C(C)(C)C)c4c5c3P3(=O)c6c(cc(-n7c8ccccc8c8ccccc87)cc6N6c7ccc(C(C)(C)C)cc7Oc7c(C(C)(C)C)cc2c3c76)N5c2ccc(C(C)(C)C)cc2O4)cc1. The van der Waals surface area contributed by atoms with Crippen molar-refractivity contribution in [3.8, 4) is 28.7 Å². The van der Waals surface area contributed by atoms with Gasteiger partial charge < -0.3 is 33.3 Å². The Bertz CT molecular complexity index is 3900. The largest absolute Gasteiger partial charge is 0.453 e. The molecule has 14 rings (SSSR count). The maximum absolute atomic E-state index is 18.6. The fourth-order valence-corrected chi connectivity index (χ4v) is 16.5. The Morgan fingerprint density at radius 1 is 0.368 bits per heavy atom. The highest BCUT2D eigenvalue weighted by molar-refractivity contribution is 7.87. The van der Waals surface area contributed by atoms with Crippen molar-refractivity contribution in [2.45, 2.75) is 131 Å². The molecule has 7 nitrogen and oxygen atoms in total. The van der Waals surface area contributed by atoms with Crippen molar-refractivity contribution in [1.29, 1.82) is 0 Å². The molecule has 0 spiro atoms. The number of anilines is 9. The van der Waals surface area contributed by atoms with E-state index in [1.54, 1.807) is 0 Å². The van der Waals surface area contributed by atoms with Gasteiger partial charge in [0.2, 0.25) is 0 Å². The van der Waals surface area contributed by atoms with Gasteiger partial charge in [0.25, 0.3) is 0 Å². The van der Waals surface area contributed by atoms with Crippen molar-refractivity contribution >= 4 is 96.0 Å². The molecule has 5 aliphatic rings. The number of aromatic nitrogens is 1. The molecule has 9 aromatic rings. The lowest BCUT2D eigenvalue weighted by Crippen LogP contribution is -2.49. The van der Waals surface area contributed by atoms with Crippen LogP contribution in [-0.4, -0.2) is 4.57 Å². The van der Waals surface area contributed by atoms with Crippen LogP contribution in [0.25, 0.3) is 27.5 Å². The second-order valence-electron chi connectivity index (χ2n) is 27.1. The van der Waals surface area contributed by atoms with Gasteiger partial charge in [-0.3, -0.25) is 0 Å². The summed E-state index contributed by atoms with van der Waals surface area (Å²) in [5, 5.41) is 4.78. The van der Waals surface area contributed by atoms with Crippen LogP contribution in [0.15, 0.2) is 133 Å². The van der Waals surface area contributed by atoms with Gasteiger partial charge in [-0.05, 0) is 117 Å². The van der Waals surface area contributed by atoms with Gasteiger partial charge >= 0.3 is 0 Å². The number of fused-ring (bicyclic) bond motifs is 9. The van der Waals surface area contributed by atoms with E-state index in [0.717, 1.165) is 118 Å². The Balaban J connectivity index is 1.21. The molecule has 0 N–H and O–H groups in total. The van der Waals surface area contributed by atoms with Crippen LogP contribution < -0.4 is 40.1 Å². The van der Waals surface area contributed by atoms with Gasteiger partial charge in [0.15, 0.2) is 30.1 Å². The second-order valence-corrected chi connectivity index (χ2v) is 29.7. The summed E-state index contributed by atoms with van der Waals surface area (Å²) in [7, 11) is -3.89. The molecule has 0 atom stereocenters. The number of hydrogen-bond acceptors (Lipinski definition) is 6. The molecule has 8 aromatic carbocycles. The first-order chi connectivity index (χ1) is 35.7. The molecule has 6 heterocycles. The van der Waals surface area contributed by atoms with E-state index in [4.69, 9.17) is 9.47 Å². The summed E-state index contributed by atoms with van der Waals surface area (Å²) in [4.78, 5) is 7.30. The molecular formula is C68H67N4O3P. The summed E-state index contributed by atoms with van der Waals surface area (Å²) < 4.78 is 36.0. The average Bonchev–Trinajstić information content (AvgIpc) is 3.70. The third kappa shape index (κ3) is 6.27. The molecular weight excluding hydrogens is 952 g/mol. The summed E-state index contributed by atoms with van der Waals surface area (Å²) in [6.07, 6.45) is 0. The van der Waals surface area contributed by atoms with Gasteiger partial charge in [-0.2, -0.15) is 0 Å². The first-order valence-corrected chi connectivity index (χ1v) is 28.8. The predicted octanol–water partition coefficient (Wildman–Crippen LogP) is 18.5. The summed E-state index contributed by atoms with van der Waals surface area (Å²) in [6.45, 7) is 34.0. The Kier molecular flexibility index (Phi) is 9.22. The highest BCUT2D eigenvalue weighted by Crippen LogP contribution is 2.73. The van der Waals surface area contributed by atoms with Crippen molar-refractivity contribution in [1.82, 2.24) is 4.57 Å². The van der Waals surface area contributed by atoms with Crippen molar-refractivity contribution in [3.05, 3.63) is 161 Å². The monoisotopic (exact) mass is 1020 g/mol. The zero-order chi connectivity index (χ0) is 53.3. The van der Waals surface area contributed by atoms with Crippen molar-refractivity contribution in [2.75, 3.05) is 14.7 Å². The van der Waals surface area contributed by atoms with Crippen LogP contribution in [-0.2, 0) is 31.6 Å². The van der Waals surface area contributed by atoms with E-state index in [0.29, 0.717) is 0 Å². The number of para-hydroxylation sites is 2. The molecule has 0 bridgehead atoms. The summed E-state index contributed by atoms with van der Waals surface area (Å²) in [6, 6.07) is 49.3. The van der Waals surface area contributed by atoms with Gasteiger partial charge in [0.05, 0.1) is 66.8 Å². The normalized spacial score (nSPS) is 15.6. The minimum Gasteiger partial charge on any atom is -0.453 e. The highest BCUT2D eigenvalue weighted by Gasteiger charge is 2.59. The molecule has 0 unspecified atom stereocenters. The van der Waals surface area contributed by atoms with Crippen molar-refractivity contribution in [3.63, 3.8) is 0 Å². The molecule has 0 radical (unpaired) electrons. The number of hydrogen-bond donors (Lipinski definition) is 0. The molecule has 0 aliphatic carbocycles. The summed E-state index contributed by atoms with van der Waals surface area (Å²) in [5.74, 6) is 3.06. The lowest BCUT2D eigenvalue weighted by atomic mass is 9.83. The molecule has 0 saturated carbocycles. The standard InChI is InChI=1S/C68H67N4O3P/c1-64(2,3)38-24-28-41(29-25-38)69-53-36-45(67(10,11)12)59-57-62(53)76(73)61-51(71(57)49-30-26-39(65(4,5)6)32-55(49)74-59)34-42(70-47-22-18-16-20-43(47)44-21-17-19-23-48(44)70)35-52(61)72-50-31-27-40(66(7,8)9)33-56(50)75-60-46(68(13,14)15)37-54(69)63(76)58(60)72/h16-37H,1-15H3. The first kappa shape index (κ1) is 47.3. The molecule has 1 aromatic heterocycles. The Morgan fingerprint density at radius 3 is 1.17 bits per heavy atom. The van der Waals surface area contributed by atoms with Gasteiger partial charge in [-0.25, -0.2) is 0 Å². The number of nitrogens with zero attached hydrogens (tertiary/aromatic N) is 4. The first-order valence-electron chi connectivity index (χ1n) is 27.1. The maximum Gasteiger partial charge on any atom is 0.183 e. The van der Waals surface area contributed by atoms with Crippen LogP contribution in [0.2, 0.25) is 0 Å². The minimum atomic E-state index is -3.89. The zero-order valence-electron chi connectivity index (χ0n) is 46.7. The van der Waals surface area contributed by atoms with E-state index in [1.807, 2.05) is 0 Å². The van der Waals surface area contributed by atoms with Crippen molar-refractivity contribution in [2.24, 2.45) is 0 Å². The van der Waals surface area contributed by atoms with E-state index < -0.39 is 18.0 Å². The minimum absolute atomic E-state index is 0.0566. The number of rotatable bonds is 2. The zero-order valence-corrected chi connectivity index (χ0v) is 47.6. The van der Waals surface area contributed by atoms with E-state index in [-0.39, 0.29) is 16.2 Å². The van der Waals surface area contributed by atoms with Crippen LogP contribution in [0.3, 0.4) is 0 Å². The van der Waals surface area contributed by atoms with E-state index in [9.17, 15) is 0 Å². The van der Waals surface area contributed by atoms with Gasteiger partial charge in [0, 0.05) is 27.6 Å². The molecule has 5 aliphatic heterocycles. The van der Waals surface area contributed by atoms with Gasteiger partial charge in [0.1, 0.15) is 11.4 Å². The van der Waals surface area contributed by atoms with Crippen LogP contribution in [0.4, 0.5) is 51.2 Å². The fourth-order valence-electron chi connectivity index (χ4n) is 12.8. The Labute approximate surface area is 448 Å². The van der Waals surface area contributed by atoms with E-state index >= 15 is 4.57 Å².